The Labute approximate surface area is 255 Å². The fraction of sp³-hybridized carbons (Fsp3) is 0.103. The third-order valence-electron chi connectivity index (χ3n) is 7.80. The average Bonchev–Trinajstić information content (AvgIpc) is 3.55. The highest BCUT2D eigenvalue weighted by Gasteiger charge is 2.24. The lowest BCUT2D eigenvalue weighted by Gasteiger charge is -2.33. The molecule has 0 fully saturated rings. The minimum atomic E-state index is -0.635. The summed E-state index contributed by atoms with van der Waals surface area (Å²) in [5.41, 5.74) is 1.97. The van der Waals surface area contributed by atoms with Gasteiger partial charge in [-0.2, -0.15) is 6.07 Å². The van der Waals surface area contributed by atoms with Crippen LogP contribution in [-0.2, 0) is 0 Å². The predicted octanol–water partition coefficient (Wildman–Crippen LogP) is 8.17. The van der Waals surface area contributed by atoms with Crippen LogP contribution in [0, 0.1) is 0 Å². The van der Waals surface area contributed by atoms with Crippen LogP contribution in [0.4, 0.5) is 0 Å². The van der Waals surface area contributed by atoms with Gasteiger partial charge in [0.05, 0.1) is 0 Å². The van der Waals surface area contributed by atoms with Gasteiger partial charge in [-0.25, -0.2) is 12.1 Å². The lowest BCUT2D eigenvalue weighted by atomic mass is 10.2. The highest BCUT2D eigenvalue weighted by molar-refractivity contribution is 7.80. The zero-order chi connectivity index (χ0) is 28.6. The molecule has 6 aromatic rings. The van der Waals surface area contributed by atoms with E-state index in [1.165, 1.54) is 49.7 Å². The van der Waals surface area contributed by atoms with Gasteiger partial charge in [0.1, 0.15) is 0 Å². The van der Waals surface area contributed by atoms with Crippen molar-refractivity contribution in [2.75, 3.05) is 12.3 Å². The molecule has 0 spiro atoms. The van der Waals surface area contributed by atoms with E-state index in [2.05, 4.69) is 177 Å². The first-order valence-electron chi connectivity index (χ1n) is 14.6. The summed E-state index contributed by atoms with van der Waals surface area (Å²) in [4.78, 5) is 0. The van der Waals surface area contributed by atoms with Crippen molar-refractivity contribution in [2.24, 2.45) is 0 Å². The molecule has 0 nitrogen and oxygen atoms in total. The summed E-state index contributed by atoms with van der Waals surface area (Å²) < 4.78 is 0. The molecule has 208 valence electrons. The van der Waals surface area contributed by atoms with Gasteiger partial charge >= 0.3 is 0 Å². The van der Waals surface area contributed by atoms with Crippen LogP contribution in [0.25, 0.3) is 0 Å². The van der Waals surface area contributed by atoms with Gasteiger partial charge in [0.25, 0.3) is 0 Å². The molecule has 0 saturated carbocycles. The zero-order valence-electron chi connectivity index (χ0n) is 24.0. The summed E-state index contributed by atoms with van der Waals surface area (Å²) in [5.74, 6) is 0. The first-order valence-corrected chi connectivity index (χ1v) is 19.1. The molecule has 6 aromatic carbocycles. The monoisotopic (exact) mass is 597 g/mol. The second-order valence-corrected chi connectivity index (χ2v) is 17.6. The molecule has 0 aliphatic rings. The van der Waals surface area contributed by atoms with Crippen molar-refractivity contribution in [1.82, 2.24) is 0 Å². The van der Waals surface area contributed by atoms with Crippen molar-refractivity contribution in [3.05, 3.63) is 175 Å². The predicted molar refractivity (Wildman–Crippen MR) is 191 cm³/mol. The molecule has 0 bridgehead atoms. The molecule has 3 heteroatoms. The highest BCUT2D eigenvalue weighted by atomic mass is 31.1. The molecule has 42 heavy (non-hydrogen) atoms. The van der Waals surface area contributed by atoms with Crippen molar-refractivity contribution >= 4 is 55.6 Å². The topological polar surface area (TPSA) is 0 Å². The van der Waals surface area contributed by atoms with E-state index in [4.69, 9.17) is 0 Å². The third-order valence-corrected chi connectivity index (χ3v) is 16.1. The van der Waals surface area contributed by atoms with Gasteiger partial charge in [-0.15, -0.1) is 10.9 Å². The normalized spacial score (nSPS) is 12.8. The molecule has 0 radical (unpaired) electrons. The maximum absolute atomic E-state index is 2.49. The van der Waals surface area contributed by atoms with Crippen molar-refractivity contribution < 1.29 is 0 Å². The highest BCUT2D eigenvalue weighted by Crippen LogP contribution is 2.53. The molecular formula is C39H36P3-. The van der Waals surface area contributed by atoms with Gasteiger partial charge in [-0.05, 0) is 60.3 Å². The van der Waals surface area contributed by atoms with Gasteiger partial charge in [0, 0.05) is 0 Å². The molecule has 6 rings (SSSR count). The summed E-state index contributed by atoms with van der Waals surface area (Å²) in [6.45, 7) is 2.49. The number of benzene rings is 5. The van der Waals surface area contributed by atoms with Gasteiger partial charge in [-0.1, -0.05) is 167 Å². The SMILES string of the molecule is C[C@@H]([c-]1cccc1P(c1ccccc1)c1ccccc1)[P@@](CCP(c1ccccc1)c1ccccc1)c1ccccc1. The van der Waals surface area contributed by atoms with E-state index in [9.17, 15) is 0 Å². The fourth-order valence-electron chi connectivity index (χ4n) is 5.73. The smallest absolute Gasteiger partial charge is 0.0171 e. The minimum Gasteiger partial charge on any atom is -0.213 e. The third kappa shape index (κ3) is 6.69. The Hall–Kier alpha value is -3.26. The van der Waals surface area contributed by atoms with Crippen LogP contribution in [-0.4, -0.2) is 12.3 Å². The lowest BCUT2D eigenvalue weighted by Crippen LogP contribution is -2.23. The molecule has 0 aliphatic carbocycles. The van der Waals surface area contributed by atoms with E-state index in [1.807, 2.05) is 0 Å². The molecular weight excluding hydrogens is 561 g/mol. The first-order chi connectivity index (χ1) is 20.8. The zero-order valence-corrected chi connectivity index (χ0v) is 26.7. The molecule has 0 saturated heterocycles. The largest absolute Gasteiger partial charge is 0.213 e. The fourth-order valence-corrected chi connectivity index (χ4v) is 14.1. The Kier molecular flexibility index (Phi) is 9.80. The summed E-state index contributed by atoms with van der Waals surface area (Å²) in [6.07, 6.45) is 2.39. The summed E-state index contributed by atoms with van der Waals surface area (Å²) in [6, 6.07) is 63.1. The first kappa shape index (κ1) is 28.8. The number of rotatable bonds is 11. The van der Waals surface area contributed by atoms with E-state index in [0.29, 0.717) is 5.66 Å². The second kappa shape index (κ2) is 14.3. The van der Waals surface area contributed by atoms with Crippen molar-refractivity contribution in [1.29, 1.82) is 0 Å². The van der Waals surface area contributed by atoms with Crippen LogP contribution >= 0.6 is 23.8 Å². The molecule has 0 aromatic heterocycles. The maximum atomic E-state index is 2.49. The molecule has 0 heterocycles. The van der Waals surface area contributed by atoms with Crippen molar-refractivity contribution in [3.8, 4) is 0 Å². The van der Waals surface area contributed by atoms with Crippen LogP contribution in [0.15, 0.2) is 170 Å². The lowest BCUT2D eigenvalue weighted by molar-refractivity contribution is 1.09. The number of hydrogen-bond donors (Lipinski definition) is 0. The Balaban J connectivity index is 1.37. The molecule has 0 aliphatic heterocycles. The Morgan fingerprint density at radius 3 is 1.31 bits per heavy atom. The van der Waals surface area contributed by atoms with Gasteiger partial charge in [-0.3, -0.25) is 0 Å². The van der Waals surface area contributed by atoms with Crippen LogP contribution in [0.2, 0.25) is 0 Å². The second-order valence-electron chi connectivity index (χ2n) is 10.4. The molecule has 0 N–H and O–H groups in total. The van der Waals surface area contributed by atoms with E-state index in [-0.39, 0.29) is 0 Å². The van der Waals surface area contributed by atoms with Gasteiger partial charge in [0.15, 0.2) is 0 Å². The summed E-state index contributed by atoms with van der Waals surface area (Å²) in [5, 5.41) is 8.79. The van der Waals surface area contributed by atoms with E-state index < -0.39 is 23.8 Å². The Morgan fingerprint density at radius 2 is 0.857 bits per heavy atom. The van der Waals surface area contributed by atoms with E-state index in [0.717, 1.165) is 0 Å². The molecule has 0 unspecified atom stereocenters. The van der Waals surface area contributed by atoms with Crippen LogP contribution in [0.1, 0.15) is 18.1 Å². The summed E-state index contributed by atoms with van der Waals surface area (Å²) in [7, 11) is -1.50. The number of hydrogen-bond acceptors (Lipinski definition) is 0. The van der Waals surface area contributed by atoms with Crippen molar-refractivity contribution in [3.63, 3.8) is 0 Å². The van der Waals surface area contributed by atoms with Gasteiger partial charge in [0.2, 0.25) is 0 Å². The molecule has 0 amide bonds. The maximum Gasteiger partial charge on any atom is -0.0171 e. The average molecular weight is 598 g/mol. The quantitative estimate of drug-likeness (QED) is 0.104. The minimum absolute atomic E-state index is 0.428. The Morgan fingerprint density at radius 1 is 0.452 bits per heavy atom. The van der Waals surface area contributed by atoms with Crippen LogP contribution in [0.3, 0.4) is 0 Å². The van der Waals surface area contributed by atoms with E-state index >= 15 is 0 Å². The van der Waals surface area contributed by atoms with Crippen LogP contribution < -0.4 is 31.8 Å². The van der Waals surface area contributed by atoms with E-state index in [1.54, 1.807) is 0 Å². The summed E-state index contributed by atoms with van der Waals surface area (Å²) >= 11 is 0. The Bertz CT molecular complexity index is 1550. The van der Waals surface area contributed by atoms with Crippen LogP contribution in [0.5, 0.6) is 0 Å². The van der Waals surface area contributed by atoms with Gasteiger partial charge < -0.3 is 0 Å². The standard InChI is InChI=1S/C39H36P3/c1-32(38-28-17-29-39(38)42(36-24-13-5-14-25-36)37-26-15-6-16-27-37)40(33-18-7-2-8-19-33)30-31-41(34-20-9-3-10-21-34)35-22-11-4-12-23-35/h2-29,32H,30-31H2,1H3/q-1/t32-,40+/m0/s1. The van der Waals surface area contributed by atoms with Crippen molar-refractivity contribution in [2.45, 2.75) is 12.6 Å². The molecule has 2 atom stereocenters.